The van der Waals surface area contributed by atoms with E-state index in [0.717, 1.165) is 6.42 Å². The van der Waals surface area contributed by atoms with Crippen LogP contribution in [0.25, 0.3) is 0 Å². The van der Waals surface area contributed by atoms with Crippen LogP contribution < -0.4 is 0 Å². The van der Waals surface area contributed by atoms with Gasteiger partial charge in [-0.3, -0.25) is 14.1 Å². The monoisotopic (exact) mass is 352 g/mol. The van der Waals surface area contributed by atoms with Crippen LogP contribution in [-0.4, -0.2) is 24.8 Å². The highest BCUT2D eigenvalue weighted by molar-refractivity contribution is 9.10. The van der Waals surface area contributed by atoms with E-state index < -0.39 is 32.5 Å². The largest absolute Gasteiger partial charge is 0.303 e. The first-order valence-corrected chi connectivity index (χ1v) is 7.95. The lowest BCUT2D eigenvalue weighted by Gasteiger charge is -2.45. The molecule has 5 nitrogen and oxygen atoms in total. The number of carbonyl (C=O) groups excluding carboxylic acids is 2. The maximum Gasteiger partial charge on any atom is 0.303 e. The van der Waals surface area contributed by atoms with E-state index >= 15 is 0 Å². The smallest absolute Gasteiger partial charge is 0.299 e. The van der Waals surface area contributed by atoms with Crippen molar-refractivity contribution in [1.82, 2.24) is 0 Å². The molecule has 108 valence electrons. The number of halogens is 1. The van der Waals surface area contributed by atoms with Crippen molar-refractivity contribution in [3.05, 3.63) is 0 Å². The second kappa shape index (κ2) is 4.44. The number of carbonyl (C=O) groups is 2. The SMILES string of the molecule is CC(=O)C(Br)(OS(=O)O)C12CCC(CC1=O)C2(C)C. The highest BCUT2D eigenvalue weighted by Crippen LogP contribution is 2.70. The first kappa shape index (κ1) is 15.3. The van der Waals surface area contributed by atoms with Gasteiger partial charge in [-0.05, 0) is 47.0 Å². The number of hydrogen-bond donors (Lipinski definition) is 1. The van der Waals surface area contributed by atoms with Gasteiger partial charge in [0.2, 0.25) is 4.51 Å². The standard InChI is InChI=1S/C12H17BrO5S/c1-7(14)12(13,18-19(16)17)11-5-4-8(6-9(11)15)10(11,2)3/h8H,4-6H2,1-3H3,(H,16,17). The van der Waals surface area contributed by atoms with E-state index in [1.54, 1.807) is 0 Å². The van der Waals surface area contributed by atoms with Gasteiger partial charge in [0.25, 0.3) is 0 Å². The molecule has 2 aliphatic rings. The number of ketones is 2. The Labute approximate surface area is 123 Å². The van der Waals surface area contributed by atoms with Crippen molar-refractivity contribution < 1.29 is 22.5 Å². The van der Waals surface area contributed by atoms with Crippen LogP contribution in [0.1, 0.15) is 40.0 Å². The Morgan fingerprint density at radius 2 is 2.16 bits per heavy atom. The Morgan fingerprint density at radius 1 is 1.58 bits per heavy atom. The molecule has 1 N–H and O–H groups in total. The molecule has 0 radical (unpaired) electrons. The van der Waals surface area contributed by atoms with Crippen LogP contribution >= 0.6 is 15.9 Å². The van der Waals surface area contributed by atoms with Gasteiger partial charge >= 0.3 is 11.4 Å². The zero-order valence-electron chi connectivity index (χ0n) is 11.1. The summed E-state index contributed by atoms with van der Waals surface area (Å²) < 4.78 is 23.3. The van der Waals surface area contributed by atoms with Crippen molar-refractivity contribution in [1.29, 1.82) is 0 Å². The molecule has 0 spiro atoms. The first-order valence-electron chi connectivity index (χ1n) is 6.13. The third-order valence-electron chi connectivity index (χ3n) is 5.08. The fourth-order valence-corrected chi connectivity index (χ4v) is 5.68. The third-order valence-corrected chi connectivity index (χ3v) is 7.09. The fraction of sp³-hybridized carbons (Fsp3) is 0.833. The molecule has 0 heterocycles. The lowest BCUT2D eigenvalue weighted by Crippen LogP contribution is -2.58. The normalized spacial score (nSPS) is 37.1. The zero-order chi connectivity index (χ0) is 14.6. The van der Waals surface area contributed by atoms with Gasteiger partial charge in [-0.25, -0.2) is 4.18 Å². The first-order chi connectivity index (χ1) is 8.59. The van der Waals surface area contributed by atoms with Crippen molar-refractivity contribution in [2.45, 2.75) is 44.5 Å². The fourth-order valence-electron chi connectivity index (χ4n) is 3.96. The van der Waals surface area contributed by atoms with E-state index in [2.05, 4.69) is 15.9 Å². The topological polar surface area (TPSA) is 80.7 Å². The summed E-state index contributed by atoms with van der Waals surface area (Å²) in [6.45, 7) is 5.13. The molecule has 2 bridgehead atoms. The molecule has 0 aromatic heterocycles. The van der Waals surface area contributed by atoms with Crippen LogP contribution in [0.15, 0.2) is 0 Å². The lowest BCUT2D eigenvalue weighted by molar-refractivity contribution is -0.149. The molecule has 7 heteroatoms. The Balaban J connectivity index is 2.60. The van der Waals surface area contributed by atoms with Gasteiger partial charge in [0.05, 0.1) is 5.41 Å². The van der Waals surface area contributed by atoms with Crippen molar-refractivity contribution >= 4 is 38.9 Å². The average molecular weight is 353 g/mol. The summed E-state index contributed by atoms with van der Waals surface area (Å²) in [4.78, 5) is 24.5. The van der Waals surface area contributed by atoms with E-state index in [9.17, 15) is 13.8 Å². The van der Waals surface area contributed by atoms with Gasteiger partial charge in [0.1, 0.15) is 5.78 Å². The van der Waals surface area contributed by atoms with Gasteiger partial charge < -0.3 is 0 Å². The Bertz CT molecular complexity index is 477. The Morgan fingerprint density at radius 3 is 2.47 bits per heavy atom. The van der Waals surface area contributed by atoms with Crippen LogP contribution in [0.4, 0.5) is 0 Å². The lowest BCUT2D eigenvalue weighted by atomic mass is 9.64. The summed E-state index contributed by atoms with van der Waals surface area (Å²) in [5, 5.41) is 0. The van der Waals surface area contributed by atoms with Crippen LogP contribution in [0.3, 0.4) is 0 Å². The highest BCUT2D eigenvalue weighted by atomic mass is 79.9. The van der Waals surface area contributed by atoms with Crippen molar-refractivity contribution in [2.75, 3.05) is 0 Å². The molecular formula is C12H17BrO5S. The molecule has 0 saturated heterocycles. The van der Waals surface area contributed by atoms with Crippen LogP contribution in [0.5, 0.6) is 0 Å². The summed E-state index contributed by atoms with van der Waals surface area (Å²) >= 11 is 0.563. The summed E-state index contributed by atoms with van der Waals surface area (Å²) in [5.74, 6) is -0.336. The quantitative estimate of drug-likeness (QED) is 0.619. The predicted molar refractivity (Wildman–Crippen MR) is 72.8 cm³/mol. The molecule has 2 saturated carbocycles. The molecular weight excluding hydrogens is 336 g/mol. The van der Waals surface area contributed by atoms with Gasteiger partial charge in [-0.1, -0.05) is 13.8 Å². The second-order valence-corrected chi connectivity index (χ2v) is 7.66. The zero-order valence-corrected chi connectivity index (χ0v) is 13.5. The molecule has 2 fully saturated rings. The Kier molecular flexibility index (Phi) is 3.57. The minimum atomic E-state index is -2.63. The second-order valence-electron chi connectivity index (χ2n) is 5.94. The molecule has 4 atom stereocenters. The minimum Gasteiger partial charge on any atom is -0.299 e. The highest BCUT2D eigenvalue weighted by Gasteiger charge is 2.74. The van der Waals surface area contributed by atoms with Crippen LogP contribution in [0, 0.1) is 16.7 Å². The maximum atomic E-state index is 12.5. The molecule has 2 aliphatic carbocycles. The summed E-state index contributed by atoms with van der Waals surface area (Å²) in [6.07, 6.45) is 1.71. The van der Waals surface area contributed by atoms with E-state index in [-0.39, 0.29) is 11.7 Å². The van der Waals surface area contributed by atoms with Gasteiger partial charge in [-0.15, -0.1) is 0 Å². The maximum absolute atomic E-state index is 12.5. The van der Waals surface area contributed by atoms with Gasteiger partial charge in [0.15, 0.2) is 5.78 Å². The third kappa shape index (κ3) is 1.74. The van der Waals surface area contributed by atoms with Crippen molar-refractivity contribution in [3.63, 3.8) is 0 Å². The molecule has 4 unspecified atom stereocenters. The summed E-state index contributed by atoms with van der Waals surface area (Å²) in [7, 11) is 0. The van der Waals surface area contributed by atoms with Crippen molar-refractivity contribution in [3.8, 4) is 0 Å². The van der Waals surface area contributed by atoms with Gasteiger partial charge in [-0.2, -0.15) is 4.21 Å². The Hall–Kier alpha value is -0.110. The van der Waals surface area contributed by atoms with E-state index in [1.165, 1.54) is 6.92 Å². The molecule has 0 amide bonds. The van der Waals surface area contributed by atoms with Crippen molar-refractivity contribution in [2.24, 2.45) is 16.7 Å². The van der Waals surface area contributed by atoms with Gasteiger partial charge in [0, 0.05) is 6.42 Å². The average Bonchev–Trinajstić information content (AvgIpc) is 2.61. The van der Waals surface area contributed by atoms with Crippen LogP contribution in [-0.2, 0) is 25.1 Å². The summed E-state index contributed by atoms with van der Waals surface area (Å²) in [6, 6.07) is 0. The number of alkyl halides is 1. The predicted octanol–water partition coefficient (Wildman–Crippen LogP) is 2.22. The number of fused-ring (bicyclic) bond motifs is 2. The minimum absolute atomic E-state index is 0.0636. The molecule has 0 aromatic rings. The molecule has 19 heavy (non-hydrogen) atoms. The summed E-state index contributed by atoms with van der Waals surface area (Å²) in [5.41, 5.74) is -1.52. The number of hydrogen-bond acceptors (Lipinski definition) is 4. The molecule has 0 aromatic carbocycles. The van der Waals surface area contributed by atoms with E-state index in [4.69, 9.17) is 8.74 Å². The number of Topliss-reactive ketones (excluding diaryl/α,β-unsaturated/α-hetero) is 2. The van der Waals surface area contributed by atoms with E-state index in [0.29, 0.717) is 12.8 Å². The molecule has 2 rings (SSSR count). The van der Waals surface area contributed by atoms with Crippen LogP contribution in [0.2, 0.25) is 0 Å². The number of rotatable bonds is 4. The van der Waals surface area contributed by atoms with E-state index in [1.807, 2.05) is 13.8 Å². The molecule has 0 aliphatic heterocycles.